The van der Waals surface area contributed by atoms with Gasteiger partial charge in [-0.2, -0.15) is 0 Å². The molecule has 5 nitrogen and oxygen atoms in total. The van der Waals surface area contributed by atoms with Crippen LogP contribution in [-0.4, -0.2) is 41.7 Å². The molecule has 1 aromatic rings. The maximum atomic E-state index is 12.5. The number of allylic oxidation sites excluding steroid dienone is 1. The normalized spacial score (nSPS) is 19.7. The van der Waals surface area contributed by atoms with Gasteiger partial charge in [0.15, 0.2) is 0 Å². The number of amides is 2. The number of ether oxygens (including phenoxy) is 1. The number of aryl methyl sites for hydroxylation is 1. The number of hydrogen-bond acceptors (Lipinski definition) is 4. The number of urea groups is 1. The van der Waals surface area contributed by atoms with E-state index in [1.54, 1.807) is 11.3 Å². The zero-order chi connectivity index (χ0) is 15.9. The Bertz CT molecular complexity index is 503. The van der Waals surface area contributed by atoms with Crippen LogP contribution in [-0.2, 0) is 4.74 Å². The fourth-order valence-electron chi connectivity index (χ4n) is 2.51. The molecule has 1 aromatic heterocycles. The number of carbonyl (C=O) groups excluding carboxylic acids is 1. The first kappa shape index (κ1) is 17.0. The SMILES string of the molecule is C=CCCC[C@H](C)NC(=O)N1CCOC[C@@H]1c1nc(C)cs1. The van der Waals surface area contributed by atoms with Gasteiger partial charge in [-0.1, -0.05) is 6.08 Å². The molecule has 1 N–H and O–H groups in total. The Hall–Kier alpha value is -1.40. The molecule has 0 aliphatic carbocycles. The number of aromatic nitrogens is 1. The van der Waals surface area contributed by atoms with Crippen molar-refractivity contribution in [1.82, 2.24) is 15.2 Å². The van der Waals surface area contributed by atoms with Crippen LogP contribution in [0.1, 0.15) is 42.9 Å². The van der Waals surface area contributed by atoms with Crippen molar-refractivity contribution in [2.24, 2.45) is 0 Å². The van der Waals surface area contributed by atoms with Crippen LogP contribution in [0.15, 0.2) is 18.0 Å². The molecule has 0 aromatic carbocycles. The van der Waals surface area contributed by atoms with E-state index in [0.29, 0.717) is 19.8 Å². The molecule has 2 rings (SSSR count). The van der Waals surface area contributed by atoms with E-state index in [9.17, 15) is 4.79 Å². The van der Waals surface area contributed by atoms with Crippen LogP contribution in [0.4, 0.5) is 4.79 Å². The van der Waals surface area contributed by atoms with Crippen LogP contribution in [0.25, 0.3) is 0 Å². The minimum atomic E-state index is -0.0761. The van der Waals surface area contributed by atoms with Crippen molar-refractivity contribution in [2.45, 2.75) is 45.2 Å². The molecule has 6 heteroatoms. The Morgan fingerprint density at radius 2 is 2.55 bits per heavy atom. The second-order valence-corrected chi connectivity index (χ2v) is 6.57. The summed E-state index contributed by atoms with van der Waals surface area (Å²) in [4.78, 5) is 18.9. The van der Waals surface area contributed by atoms with Gasteiger partial charge in [-0.05, 0) is 33.1 Å². The van der Waals surface area contributed by atoms with Crippen LogP contribution in [0.2, 0.25) is 0 Å². The molecular weight excluding hydrogens is 298 g/mol. The second kappa shape index (κ2) is 8.29. The smallest absolute Gasteiger partial charge is 0.318 e. The lowest BCUT2D eigenvalue weighted by atomic mass is 10.1. The van der Waals surface area contributed by atoms with Gasteiger partial charge in [0.2, 0.25) is 0 Å². The summed E-state index contributed by atoms with van der Waals surface area (Å²) in [7, 11) is 0. The molecule has 2 atom stereocenters. The number of carbonyl (C=O) groups is 1. The van der Waals surface area contributed by atoms with E-state index in [0.717, 1.165) is 30.0 Å². The first-order chi connectivity index (χ1) is 10.6. The summed E-state index contributed by atoms with van der Waals surface area (Å²) in [5, 5.41) is 6.05. The van der Waals surface area contributed by atoms with Crippen LogP contribution in [0.3, 0.4) is 0 Å². The minimum Gasteiger partial charge on any atom is -0.377 e. The summed E-state index contributed by atoms with van der Waals surface area (Å²) in [5.41, 5.74) is 0.990. The highest BCUT2D eigenvalue weighted by Gasteiger charge is 2.31. The minimum absolute atomic E-state index is 0.0211. The number of hydrogen-bond donors (Lipinski definition) is 1. The molecule has 0 bridgehead atoms. The third kappa shape index (κ3) is 4.55. The molecule has 0 unspecified atom stereocenters. The number of rotatable bonds is 6. The Balaban J connectivity index is 1.95. The van der Waals surface area contributed by atoms with Crippen molar-refractivity contribution in [3.63, 3.8) is 0 Å². The quantitative estimate of drug-likeness (QED) is 0.646. The maximum Gasteiger partial charge on any atom is 0.318 e. The van der Waals surface area contributed by atoms with Crippen molar-refractivity contribution < 1.29 is 9.53 Å². The maximum absolute atomic E-state index is 12.5. The Labute approximate surface area is 136 Å². The highest BCUT2D eigenvalue weighted by atomic mass is 32.1. The number of nitrogens with one attached hydrogen (secondary N) is 1. The monoisotopic (exact) mass is 323 g/mol. The van der Waals surface area contributed by atoms with Gasteiger partial charge < -0.3 is 15.0 Å². The molecule has 1 aliphatic rings. The van der Waals surface area contributed by atoms with Crippen LogP contribution in [0, 0.1) is 6.92 Å². The Kier molecular flexibility index (Phi) is 6.39. The summed E-state index contributed by atoms with van der Waals surface area (Å²) in [6.45, 7) is 9.44. The third-order valence-electron chi connectivity index (χ3n) is 3.73. The van der Waals surface area contributed by atoms with Crippen molar-refractivity contribution in [3.8, 4) is 0 Å². The van der Waals surface area contributed by atoms with Gasteiger partial charge in [0, 0.05) is 23.7 Å². The molecule has 2 heterocycles. The fourth-order valence-corrected chi connectivity index (χ4v) is 3.40. The van der Waals surface area contributed by atoms with Gasteiger partial charge in [-0.25, -0.2) is 9.78 Å². The molecule has 2 amide bonds. The van der Waals surface area contributed by atoms with Crippen molar-refractivity contribution in [2.75, 3.05) is 19.8 Å². The fraction of sp³-hybridized carbons (Fsp3) is 0.625. The lowest BCUT2D eigenvalue weighted by molar-refractivity contribution is 0.0110. The molecule has 122 valence electrons. The first-order valence-corrected chi connectivity index (χ1v) is 8.67. The molecule has 0 spiro atoms. The van der Waals surface area contributed by atoms with E-state index in [2.05, 4.69) is 16.9 Å². The van der Waals surface area contributed by atoms with Gasteiger partial charge in [-0.3, -0.25) is 0 Å². The lowest BCUT2D eigenvalue weighted by Gasteiger charge is -2.35. The average Bonchev–Trinajstić information content (AvgIpc) is 2.94. The van der Waals surface area contributed by atoms with Gasteiger partial charge >= 0.3 is 6.03 Å². The summed E-state index contributed by atoms with van der Waals surface area (Å²) in [6.07, 6.45) is 4.91. The molecule has 22 heavy (non-hydrogen) atoms. The molecule has 0 radical (unpaired) electrons. The average molecular weight is 323 g/mol. The summed E-state index contributed by atoms with van der Waals surface area (Å²) in [6, 6.07) is 0.0639. The molecule has 1 saturated heterocycles. The van der Waals surface area contributed by atoms with E-state index in [1.807, 2.05) is 30.2 Å². The zero-order valence-electron chi connectivity index (χ0n) is 13.4. The highest BCUT2D eigenvalue weighted by molar-refractivity contribution is 7.09. The number of nitrogens with zero attached hydrogens (tertiary/aromatic N) is 2. The van der Waals surface area contributed by atoms with E-state index in [-0.39, 0.29) is 18.1 Å². The zero-order valence-corrected chi connectivity index (χ0v) is 14.2. The van der Waals surface area contributed by atoms with Crippen molar-refractivity contribution in [3.05, 3.63) is 28.7 Å². The molecule has 1 aliphatic heterocycles. The Morgan fingerprint density at radius 1 is 1.73 bits per heavy atom. The second-order valence-electron chi connectivity index (χ2n) is 5.68. The largest absolute Gasteiger partial charge is 0.377 e. The van der Waals surface area contributed by atoms with Crippen LogP contribution >= 0.6 is 11.3 Å². The molecular formula is C16H25N3O2S. The predicted octanol–water partition coefficient (Wildman–Crippen LogP) is 3.28. The summed E-state index contributed by atoms with van der Waals surface area (Å²) < 4.78 is 5.54. The topological polar surface area (TPSA) is 54.5 Å². The third-order valence-corrected chi connectivity index (χ3v) is 4.79. The van der Waals surface area contributed by atoms with Crippen molar-refractivity contribution in [1.29, 1.82) is 0 Å². The van der Waals surface area contributed by atoms with E-state index >= 15 is 0 Å². The highest BCUT2D eigenvalue weighted by Crippen LogP contribution is 2.27. The van der Waals surface area contributed by atoms with E-state index in [1.165, 1.54) is 0 Å². The Morgan fingerprint density at radius 3 is 3.23 bits per heavy atom. The van der Waals surface area contributed by atoms with Gasteiger partial charge in [0.05, 0.1) is 13.2 Å². The molecule has 1 fully saturated rings. The number of thiazole rings is 1. The van der Waals surface area contributed by atoms with Gasteiger partial charge in [-0.15, -0.1) is 17.9 Å². The standard InChI is InChI=1S/C16H25N3O2S/c1-4-5-6-7-12(2)18-16(20)19-8-9-21-10-14(19)15-17-13(3)11-22-15/h4,11-12,14H,1,5-10H2,2-3H3,(H,18,20)/t12-,14+/m0/s1. The van der Waals surface area contributed by atoms with E-state index in [4.69, 9.17) is 4.74 Å². The van der Waals surface area contributed by atoms with Crippen LogP contribution < -0.4 is 5.32 Å². The van der Waals surface area contributed by atoms with Gasteiger partial charge in [0.1, 0.15) is 11.0 Å². The van der Waals surface area contributed by atoms with Gasteiger partial charge in [0.25, 0.3) is 0 Å². The van der Waals surface area contributed by atoms with E-state index < -0.39 is 0 Å². The van der Waals surface area contributed by atoms with Crippen molar-refractivity contribution >= 4 is 17.4 Å². The number of morpholine rings is 1. The first-order valence-electron chi connectivity index (χ1n) is 7.79. The summed E-state index contributed by atoms with van der Waals surface area (Å²) >= 11 is 1.59. The molecule has 0 saturated carbocycles. The van der Waals surface area contributed by atoms with Crippen LogP contribution in [0.5, 0.6) is 0 Å². The lowest BCUT2D eigenvalue weighted by Crippen LogP contribution is -2.50. The number of unbranched alkanes of at least 4 members (excludes halogenated alkanes) is 1. The predicted molar refractivity (Wildman–Crippen MR) is 89.2 cm³/mol. The summed E-state index contributed by atoms with van der Waals surface area (Å²) in [5.74, 6) is 0.